The first-order valence-corrected chi connectivity index (χ1v) is 11.2. The van der Waals surface area contributed by atoms with Gasteiger partial charge in [0.05, 0.1) is 0 Å². The number of aromatic nitrogens is 2. The summed E-state index contributed by atoms with van der Waals surface area (Å²) < 4.78 is 0. The van der Waals surface area contributed by atoms with Gasteiger partial charge < -0.3 is 25.4 Å². The number of carbonyl (C=O) groups is 1. The number of H-pyrrole nitrogens is 1. The fraction of sp³-hybridized carbons (Fsp3) is 0.458. The molecule has 1 saturated heterocycles. The normalized spacial score (nSPS) is 13.6. The molecule has 8 nitrogen and oxygen atoms in total. The van der Waals surface area contributed by atoms with Gasteiger partial charge in [0.1, 0.15) is 11.5 Å². The van der Waals surface area contributed by atoms with Crippen LogP contribution in [-0.2, 0) is 4.79 Å². The number of piperidine rings is 1. The Labute approximate surface area is 190 Å². The van der Waals surface area contributed by atoms with Crippen molar-refractivity contribution in [3.8, 4) is 11.1 Å². The van der Waals surface area contributed by atoms with Crippen LogP contribution in [0.2, 0.25) is 0 Å². The molecule has 2 aromatic rings. The van der Waals surface area contributed by atoms with E-state index in [1.54, 1.807) is 18.5 Å². The van der Waals surface area contributed by atoms with Crippen LogP contribution in [0.15, 0.2) is 47.5 Å². The van der Waals surface area contributed by atoms with E-state index in [4.69, 9.17) is 0 Å². The van der Waals surface area contributed by atoms with Crippen molar-refractivity contribution in [3.05, 3.63) is 53.1 Å². The van der Waals surface area contributed by atoms with Crippen LogP contribution < -0.4 is 16.2 Å². The lowest BCUT2D eigenvalue weighted by atomic mass is 10.1. The lowest BCUT2D eigenvalue weighted by molar-refractivity contribution is -0.126. The Bertz CT molecular complexity index is 932. The molecular weight excluding hydrogens is 404 g/mol. The average Bonchev–Trinajstić information content (AvgIpc) is 2.81. The highest BCUT2D eigenvalue weighted by atomic mass is 16.2. The Hall–Kier alpha value is -3.13. The summed E-state index contributed by atoms with van der Waals surface area (Å²) in [6.45, 7) is 5.37. The Morgan fingerprint density at radius 2 is 1.97 bits per heavy atom. The van der Waals surface area contributed by atoms with Crippen LogP contribution in [0.25, 0.3) is 11.1 Å². The quantitative estimate of drug-likeness (QED) is 0.573. The third-order valence-electron chi connectivity index (χ3n) is 5.02. The molecule has 1 aliphatic heterocycles. The highest BCUT2D eigenvalue weighted by Crippen LogP contribution is 2.21. The van der Waals surface area contributed by atoms with E-state index in [1.807, 2.05) is 62.1 Å². The van der Waals surface area contributed by atoms with Crippen LogP contribution in [0.4, 0.5) is 11.5 Å². The number of amides is 1. The Morgan fingerprint density at radius 1 is 1.22 bits per heavy atom. The van der Waals surface area contributed by atoms with E-state index >= 15 is 0 Å². The number of likely N-dealkylation sites (N-methyl/N-ethyl adjacent to an activating group) is 1. The average molecular weight is 441 g/mol. The monoisotopic (exact) mass is 440 g/mol. The van der Waals surface area contributed by atoms with Crippen LogP contribution in [0.3, 0.4) is 0 Å². The highest BCUT2D eigenvalue weighted by Gasteiger charge is 2.13. The molecule has 0 bridgehead atoms. The molecule has 3 rings (SSSR count). The maximum absolute atomic E-state index is 11.6. The topological polar surface area (TPSA) is 93.4 Å². The number of hydrogen-bond acceptors (Lipinski definition) is 6. The first-order chi connectivity index (χ1) is 15.4. The van der Waals surface area contributed by atoms with E-state index in [-0.39, 0.29) is 11.5 Å². The molecule has 0 unspecified atom stereocenters. The first kappa shape index (κ1) is 25.1. The van der Waals surface area contributed by atoms with Gasteiger partial charge in [-0.05, 0) is 64.0 Å². The zero-order valence-corrected chi connectivity index (χ0v) is 19.6. The standard InChI is InChI=1S/C13H16N4O.C11H20N2O/c1-3-15-11-6-10(8-17-13(11)18)9-4-5-16-12(7-9)14-2;1-12(2)8-6-7-11(14)13-9-4-3-5-10-13/h4-8,15H,3H2,1-2H3,(H,14,16)(H,17,18);6-7H,3-5,8-10H2,1-2H3/b;7-6+. The first-order valence-electron chi connectivity index (χ1n) is 11.2. The second-order valence-electron chi connectivity index (χ2n) is 7.89. The van der Waals surface area contributed by atoms with Gasteiger partial charge in [-0.25, -0.2) is 4.98 Å². The fourth-order valence-corrected chi connectivity index (χ4v) is 3.30. The minimum absolute atomic E-state index is 0.108. The van der Waals surface area contributed by atoms with Gasteiger partial charge in [-0.1, -0.05) is 6.08 Å². The molecule has 0 aliphatic carbocycles. The van der Waals surface area contributed by atoms with Gasteiger partial charge in [-0.2, -0.15) is 0 Å². The van der Waals surface area contributed by atoms with Gasteiger partial charge in [0.25, 0.3) is 5.56 Å². The van der Waals surface area contributed by atoms with Crippen molar-refractivity contribution in [2.75, 3.05) is 58.0 Å². The van der Waals surface area contributed by atoms with E-state index in [0.29, 0.717) is 12.2 Å². The number of aromatic amines is 1. The van der Waals surface area contributed by atoms with Gasteiger partial charge in [0, 0.05) is 57.3 Å². The number of carbonyl (C=O) groups excluding carboxylic acids is 1. The van der Waals surface area contributed by atoms with Gasteiger partial charge in [0.15, 0.2) is 0 Å². The molecule has 32 heavy (non-hydrogen) atoms. The van der Waals surface area contributed by atoms with Gasteiger partial charge in [-0.3, -0.25) is 9.59 Å². The summed E-state index contributed by atoms with van der Waals surface area (Å²) in [6.07, 6.45) is 10.7. The summed E-state index contributed by atoms with van der Waals surface area (Å²) in [4.78, 5) is 34.0. The molecule has 8 heteroatoms. The molecular formula is C24H36N6O2. The maximum Gasteiger partial charge on any atom is 0.271 e. The molecule has 1 fully saturated rings. The number of rotatable bonds is 7. The molecule has 0 aromatic carbocycles. The summed E-state index contributed by atoms with van der Waals surface area (Å²) >= 11 is 0. The summed E-state index contributed by atoms with van der Waals surface area (Å²) in [5.41, 5.74) is 2.43. The van der Waals surface area contributed by atoms with Gasteiger partial charge in [-0.15, -0.1) is 0 Å². The van der Waals surface area contributed by atoms with Crippen LogP contribution in [0, 0.1) is 0 Å². The SMILES string of the molecule is CCNc1cc(-c2ccnc(NC)c2)c[nH]c1=O.CN(C)C/C=C/C(=O)N1CCCCC1. The molecule has 0 atom stereocenters. The van der Waals surface area contributed by atoms with Crippen LogP contribution in [0.5, 0.6) is 0 Å². The summed E-state index contributed by atoms with van der Waals surface area (Å²) in [7, 11) is 5.81. The van der Waals surface area contributed by atoms with E-state index in [1.165, 1.54) is 6.42 Å². The number of nitrogens with one attached hydrogen (secondary N) is 3. The van der Waals surface area contributed by atoms with Crippen LogP contribution in [0.1, 0.15) is 26.2 Å². The van der Waals surface area contributed by atoms with Crippen molar-refractivity contribution in [2.24, 2.45) is 0 Å². The van der Waals surface area contributed by atoms with Gasteiger partial charge in [0.2, 0.25) is 5.91 Å². The molecule has 2 aromatic heterocycles. The summed E-state index contributed by atoms with van der Waals surface area (Å²) in [6, 6.07) is 5.69. The number of hydrogen-bond donors (Lipinski definition) is 3. The molecule has 3 N–H and O–H groups in total. The number of nitrogens with zero attached hydrogens (tertiary/aromatic N) is 3. The Kier molecular flexibility index (Phi) is 10.5. The van der Waals surface area contributed by atoms with Crippen LogP contribution in [-0.4, -0.2) is 73.0 Å². The zero-order valence-electron chi connectivity index (χ0n) is 19.6. The molecule has 0 spiro atoms. The lowest BCUT2D eigenvalue weighted by Crippen LogP contribution is -2.34. The third kappa shape index (κ3) is 8.19. The molecule has 1 aliphatic rings. The zero-order chi connectivity index (χ0) is 23.3. The Balaban J connectivity index is 0.000000235. The molecule has 3 heterocycles. The van der Waals surface area contributed by atoms with E-state index in [9.17, 15) is 9.59 Å². The second-order valence-corrected chi connectivity index (χ2v) is 7.89. The van der Waals surface area contributed by atoms with Crippen molar-refractivity contribution in [3.63, 3.8) is 0 Å². The lowest BCUT2D eigenvalue weighted by Gasteiger charge is -2.25. The maximum atomic E-state index is 11.6. The van der Waals surface area contributed by atoms with Crippen molar-refractivity contribution >= 4 is 17.4 Å². The number of anilines is 2. The molecule has 174 valence electrons. The molecule has 1 amide bonds. The third-order valence-corrected chi connectivity index (χ3v) is 5.02. The number of pyridine rings is 2. The van der Waals surface area contributed by atoms with Crippen molar-refractivity contribution in [1.82, 2.24) is 19.8 Å². The smallest absolute Gasteiger partial charge is 0.271 e. The van der Waals surface area contributed by atoms with Crippen molar-refractivity contribution < 1.29 is 4.79 Å². The minimum atomic E-state index is -0.108. The van der Waals surface area contributed by atoms with Crippen molar-refractivity contribution in [2.45, 2.75) is 26.2 Å². The largest absolute Gasteiger partial charge is 0.381 e. The Morgan fingerprint density at radius 3 is 2.62 bits per heavy atom. The van der Waals surface area contributed by atoms with Gasteiger partial charge >= 0.3 is 0 Å². The van der Waals surface area contributed by atoms with Crippen molar-refractivity contribution in [1.29, 1.82) is 0 Å². The highest BCUT2D eigenvalue weighted by molar-refractivity contribution is 5.87. The van der Waals surface area contributed by atoms with E-state index in [2.05, 4.69) is 20.6 Å². The molecule has 0 radical (unpaired) electrons. The van der Waals surface area contributed by atoms with E-state index < -0.39 is 0 Å². The molecule has 0 saturated carbocycles. The summed E-state index contributed by atoms with van der Waals surface area (Å²) in [5, 5.41) is 6.03. The predicted octanol–water partition coefficient (Wildman–Crippen LogP) is 3.03. The van der Waals surface area contributed by atoms with E-state index in [0.717, 1.165) is 49.4 Å². The second kappa shape index (κ2) is 13.3. The van der Waals surface area contributed by atoms with Crippen LogP contribution >= 0.6 is 0 Å². The number of likely N-dealkylation sites (tertiary alicyclic amines) is 1. The minimum Gasteiger partial charge on any atom is -0.381 e. The fourth-order valence-electron chi connectivity index (χ4n) is 3.30. The summed E-state index contributed by atoms with van der Waals surface area (Å²) in [5.74, 6) is 0.968. The predicted molar refractivity (Wildman–Crippen MR) is 132 cm³/mol.